The van der Waals surface area contributed by atoms with E-state index < -0.39 is 5.97 Å². The number of hydrogen-bond donors (Lipinski definition) is 1. The van der Waals surface area contributed by atoms with Gasteiger partial charge in [0.05, 0.1) is 13.3 Å². The van der Waals surface area contributed by atoms with E-state index in [1.165, 1.54) is 13.3 Å². The Labute approximate surface area is 146 Å². The summed E-state index contributed by atoms with van der Waals surface area (Å²) in [7, 11) is 1.29. The number of amides is 1. The lowest BCUT2D eigenvalue weighted by Crippen LogP contribution is -2.20. The van der Waals surface area contributed by atoms with E-state index >= 15 is 0 Å². The Bertz CT molecular complexity index is 744. The van der Waals surface area contributed by atoms with Gasteiger partial charge in [-0.15, -0.1) is 0 Å². The first-order valence-corrected chi connectivity index (χ1v) is 9.19. The number of ether oxygens (including phenoxy) is 2. The van der Waals surface area contributed by atoms with E-state index in [0.29, 0.717) is 21.5 Å². The van der Waals surface area contributed by atoms with Gasteiger partial charge in [0, 0.05) is 11.9 Å². The average Bonchev–Trinajstić information content (AvgIpc) is 3.26. The van der Waals surface area contributed by atoms with Gasteiger partial charge < -0.3 is 9.47 Å². The van der Waals surface area contributed by atoms with E-state index in [1.807, 2.05) is 11.8 Å². The number of nitrogens with zero attached hydrogens (tertiary/aromatic N) is 2. The summed E-state index contributed by atoms with van der Waals surface area (Å²) in [4.78, 5) is 32.4. The molecule has 2 aromatic rings. The van der Waals surface area contributed by atoms with Gasteiger partial charge in [0.2, 0.25) is 5.88 Å². The van der Waals surface area contributed by atoms with Gasteiger partial charge in [-0.25, -0.2) is 14.8 Å². The predicted octanol–water partition coefficient (Wildman–Crippen LogP) is 2.46. The molecule has 9 heteroatoms. The second-order valence-electron chi connectivity index (χ2n) is 4.93. The van der Waals surface area contributed by atoms with E-state index in [0.717, 1.165) is 29.3 Å². The molecule has 0 radical (unpaired) electrons. The maximum atomic E-state index is 12.5. The molecule has 0 bridgehead atoms. The van der Waals surface area contributed by atoms with Crippen LogP contribution in [0, 0.1) is 0 Å². The molecule has 1 N–H and O–H groups in total. The van der Waals surface area contributed by atoms with Crippen molar-refractivity contribution in [2.75, 3.05) is 23.9 Å². The number of hydrogen-bond acceptors (Lipinski definition) is 8. The third-order valence-corrected chi connectivity index (χ3v) is 5.32. The number of rotatable bonds is 5. The van der Waals surface area contributed by atoms with Crippen LogP contribution in [0.1, 0.15) is 26.5 Å². The van der Waals surface area contributed by atoms with Crippen molar-refractivity contribution in [1.29, 1.82) is 0 Å². The zero-order valence-corrected chi connectivity index (χ0v) is 14.5. The van der Waals surface area contributed by atoms with Crippen LogP contribution in [0.5, 0.6) is 5.88 Å². The van der Waals surface area contributed by atoms with Gasteiger partial charge in [0.25, 0.3) is 5.91 Å². The predicted molar refractivity (Wildman–Crippen MR) is 92.0 cm³/mol. The fraction of sp³-hybridized carbons (Fsp3) is 0.333. The van der Waals surface area contributed by atoms with Crippen LogP contribution in [-0.4, -0.2) is 46.6 Å². The molecule has 0 aliphatic carbocycles. The van der Waals surface area contributed by atoms with Crippen molar-refractivity contribution >= 4 is 40.1 Å². The summed E-state index contributed by atoms with van der Waals surface area (Å²) in [6.07, 6.45) is 3.97. The Morgan fingerprint density at radius 2 is 2.25 bits per heavy atom. The summed E-state index contributed by atoms with van der Waals surface area (Å²) in [5.74, 6) is 1.39. The van der Waals surface area contributed by atoms with Crippen molar-refractivity contribution in [3.8, 4) is 5.88 Å². The maximum Gasteiger partial charge on any atom is 0.349 e. The summed E-state index contributed by atoms with van der Waals surface area (Å²) in [5, 5.41) is 2.97. The molecule has 1 aliphatic rings. The Hall–Kier alpha value is -2.13. The molecule has 1 atom stereocenters. The Morgan fingerprint density at radius 1 is 1.38 bits per heavy atom. The standard InChI is InChI=1S/C15H15N3O4S2/c1-21-14(20)11-7-17-15(24-11)18-12(19)10-3-2-5-16-13(10)22-9-4-6-23-8-9/h2-3,5,7,9H,4,6,8H2,1H3,(H,17,18,19). The molecule has 0 saturated carbocycles. The smallest absolute Gasteiger partial charge is 0.349 e. The zero-order valence-electron chi connectivity index (χ0n) is 12.9. The number of aromatic nitrogens is 2. The fourth-order valence-corrected chi connectivity index (χ4v) is 3.94. The second kappa shape index (κ2) is 7.63. The largest absolute Gasteiger partial charge is 0.473 e. The van der Waals surface area contributed by atoms with Crippen LogP contribution >= 0.6 is 23.1 Å². The van der Waals surface area contributed by atoms with Crippen LogP contribution < -0.4 is 10.1 Å². The van der Waals surface area contributed by atoms with E-state index in [9.17, 15) is 9.59 Å². The third kappa shape index (κ3) is 3.85. The number of thiazole rings is 1. The van der Waals surface area contributed by atoms with Crippen molar-refractivity contribution in [2.24, 2.45) is 0 Å². The molecule has 1 amide bonds. The monoisotopic (exact) mass is 365 g/mol. The fourth-order valence-electron chi connectivity index (χ4n) is 2.11. The Morgan fingerprint density at radius 3 is 3.00 bits per heavy atom. The van der Waals surface area contributed by atoms with Gasteiger partial charge in [-0.05, 0) is 24.3 Å². The first kappa shape index (κ1) is 16.7. The van der Waals surface area contributed by atoms with Crippen LogP contribution in [0.2, 0.25) is 0 Å². The quantitative estimate of drug-likeness (QED) is 0.814. The molecule has 0 spiro atoms. The van der Waals surface area contributed by atoms with Crippen LogP contribution in [0.4, 0.5) is 5.13 Å². The Balaban J connectivity index is 1.72. The summed E-state index contributed by atoms with van der Waals surface area (Å²) < 4.78 is 10.5. The molecule has 2 aromatic heterocycles. The Kier molecular flexibility index (Phi) is 5.31. The molecule has 3 rings (SSSR count). The van der Waals surface area contributed by atoms with Crippen LogP contribution in [-0.2, 0) is 4.74 Å². The van der Waals surface area contributed by atoms with Gasteiger partial charge >= 0.3 is 5.97 Å². The molecule has 1 saturated heterocycles. The summed E-state index contributed by atoms with van der Waals surface area (Å²) in [6.45, 7) is 0. The highest BCUT2D eigenvalue weighted by molar-refractivity contribution is 7.99. The molecule has 1 aliphatic heterocycles. The van der Waals surface area contributed by atoms with Gasteiger partial charge in [-0.1, -0.05) is 11.3 Å². The first-order valence-electron chi connectivity index (χ1n) is 7.22. The molecular formula is C15H15N3O4S2. The minimum absolute atomic E-state index is 0.0715. The number of esters is 1. The molecular weight excluding hydrogens is 350 g/mol. The highest BCUT2D eigenvalue weighted by Crippen LogP contribution is 2.25. The molecule has 3 heterocycles. The highest BCUT2D eigenvalue weighted by atomic mass is 32.2. The molecule has 7 nitrogen and oxygen atoms in total. The van der Waals surface area contributed by atoms with Gasteiger partial charge in [0.15, 0.2) is 5.13 Å². The normalized spacial score (nSPS) is 16.6. The molecule has 24 heavy (non-hydrogen) atoms. The lowest BCUT2D eigenvalue weighted by Gasteiger charge is -2.14. The van der Waals surface area contributed by atoms with E-state index in [4.69, 9.17) is 4.74 Å². The molecule has 1 fully saturated rings. The van der Waals surface area contributed by atoms with Gasteiger partial charge in [-0.2, -0.15) is 11.8 Å². The number of carbonyl (C=O) groups is 2. The minimum atomic E-state index is -0.489. The molecule has 0 aromatic carbocycles. The summed E-state index contributed by atoms with van der Waals surface area (Å²) in [5.41, 5.74) is 0.337. The number of carbonyl (C=O) groups excluding carboxylic acids is 2. The van der Waals surface area contributed by atoms with Crippen LogP contribution in [0.3, 0.4) is 0 Å². The third-order valence-electron chi connectivity index (χ3n) is 3.29. The van der Waals surface area contributed by atoms with Crippen molar-refractivity contribution < 1.29 is 19.1 Å². The lowest BCUT2D eigenvalue weighted by atomic mass is 10.2. The van der Waals surface area contributed by atoms with E-state index in [-0.39, 0.29) is 12.0 Å². The maximum absolute atomic E-state index is 12.5. The van der Waals surface area contributed by atoms with Crippen molar-refractivity contribution in [3.63, 3.8) is 0 Å². The molecule has 1 unspecified atom stereocenters. The average molecular weight is 365 g/mol. The topological polar surface area (TPSA) is 90.4 Å². The number of methoxy groups -OCH3 is 1. The zero-order chi connectivity index (χ0) is 16.9. The van der Waals surface area contributed by atoms with Crippen molar-refractivity contribution in [1.82, 2.24) is 9.97 Å². The second-order valence-corrected chi connectivity index (χ2v) is 7.12. The number of pyridine rings is 1. The summed E-state index contributed by atoms with van der Waals surface area (Å²) >= 11 is 2.87. The van der Waals surface area contributed by atoms with Crippen LogP contribution in [0.25, 0.3) is 0 Å². The highest BCUT2D eigenvalue weighted by Gasteiger charge is 2.22. The lowest BCUT2D eigenvalue weighted by molar-refractivity contribution is 0.0606. The number of anilines is 1. The van der Waals surface area contributed by atoms with Gasteiger partial charge in [0.1, 0.15) is 16.5 Å². The molecule has 126 valence electrons. The number of nitrogens with one attached hydrogen (secondary N) is 1. The minimum Gasteiger partial charge on any atom is -0.473 e. The van der Waals surface area contributed by atoms with Crippen molar-refractivity contribution in [3.05, 3.63) is 35.0 Å². The van der Waals surface area contributed by atoms with Crippen molar-refractivity contribution in [2.45, 2.75) is 12.5 Å². The first-order chi connectivity index (χ1) is 11.7. The van der Waals surface area contributed by atoms with E-state index in [1.54, 1.807) is 18.3 Å². The van der Waals surface area contributed by atoms with E-state index in [2.05, 4.69) is 20.0 Å². The summed E-state index contributed by atoms with van der Waals surface area (Å²) in [6, 6.07) is 3.32. The number of thioether (sulfide) groups is 1. The van der Waals surface area contributed by atoms with Crippen LogP contribution in [0.15, 0.2) is 24.5 Å². The van der Waals surface area contributed by atoms with Gasteiger partial charge in [-0.3, -0.25) is 10.1 Å². The SMILES string of the molecule is COC(=O)c1cnc(NC(=O)c2cccnc2OC2CCSC2)s1.